The average molecular weight is 240 g/mol. The van der Waals surface area contributed by atoms with Crippen LogP contribution in [0.4, 0.5) is 4.79 Å². The second-order valence-corrected chi connectivity index (χ2v) is 4.24. The van der Waals surface area contributed by atoms with Gasteiger partial charge in [0.1, 0.15) is 5.92 Å². The van der Waals surface area contributed by atoms with Crippen LogP contribution in [0.5, 0.6) is 0 Å². The van der Waals surface area contributed by atoms with E-state index in [1.54, 1.807) is 4.90 Å². The Balaban J connectivity index is 1.89. The summed E-state index contributed by atoms with van der Waals surface area (Å²) < 4.78 is 5.09. The van der Waals surface area contributed by atoms with E-state index in [0.29, 0.717) is 13.1 Å². The maximum atomic E-state index is 11.9. The van der Waals surface area contributed by atoms with E-state index in [4.69, 9.17) is 9.84 Å². The van der Waals surface area contributed by atoms with Gasteiger partial charge in [0, 0.05) is 13.1 Å². The molecule has 0 aliphatic carbocycles. The van der Waals surface area contributed by atoms with E-state index < -0.39 is 17.9 Å². The minimum atomic E-state index is -0.925. The van der Waals surface area contributed by atoms with Crippen LogP contribution < -0.4 is 5.32 Å². The topological polar surface area (TPSA) is 78.9 Å². The van der Waals surface area contributed by atoms with Crippen molar-refractivity contribution in [3.8, 4) is 0 Å². The molecular weight excluding hydrogens is 224 g/mol. The molecule has 0 bridgehead atoms. The SMILES string of the molecule is O=C(O)C1COCC1NC(=O)N1CC=CCC1. The quantitative estimate of drug-likeness (QED) is 0.669. The van der Waals surface area contributed by atoms with Crippen LogP contribution in [0.3, 0.4) is 0 Å². The number of hydrogen-bond donors (Lipinski definition) is 2. The number of carboxylic acids is 1. The molecule has 0 aromatic heterocycles. The molecule has 2 N–H and O–H groups in total. The lowest BCUT2D eigenvalue weighted by Gasteiger charge is -2.26. The highest BCUT2D eigenvalue weighted by molar-refractivity contribution is 5.77. The van der Waals surface area contributed by atoms with Crippen molar-refractivity contribution in [3.63, 3.8) is 0 Å². The van der Waals surface area contributed by atoms with E-state index in [9.17, 15) is 9.59 Å². The number of carboxylic acid groups (broad SMARTS) is 1. The zero-order chi connectivity index (χ0) is 12.3. The number of nitrogens with one attached hydrogen (secondary N) is 1. The molecule has 6 nitrogen and oxygen atoms in total. The molecule has 2 aliphatic rings. The van der Waals surface area contributed by atoms with E-state index in [2.05, 4.69) is 5.32 Å². The molecule has 2 aliphatic heterocycles. The number of rotatable bonds is 2. The Labute approximate surface area is 99.2 Å². The summed E-state index contributed by atoms with van der Waals surface area (Å²) in [6.07, 6.45) is 4.81. The number of aliphatic carboxylic acids is 1. The molecule has 6 heteroatoms. The summed E-state index contributed by atoms with van der Waals surface area (Å²) in [5, 5.41) is 11.7. The molecule has 1 saturated heterocycles. The van der Waals surface area contributed by atoms with Gasteiger partial charge in [0.2, 0.25) is 0 Å². The van der Waals surface area contributed by atoms with Crippen molar-refractivity contribution in [3.05, 3.63) is 12.2 Å². The Kier molecular flexibility index (Phi) is 3.63. The molecule has 0 saturated carbocycles. The van der Waals surface area contributed by atoms with Crippen molar-refractivity contribution in [2.75, 3.05) is 26.3 Å². The molecule has 94 valence electrons. The molecule has 0 spiro atoms. The van der Waals surface area contributed by atoms with Gasteiger partial charge in [-0.25, -0.2) is 4.79 Å². The maximum absolute atomic E-state index is 11.9. The lowest BCUT2D eigenvalue weighted by atomic mass is 10.0. The van der Waals surface area contributed by atoms with Crippen LogP contribution >= 0.6 is 0 Å². The van der Waals surface area contributed by atoms with Gasteiger partial charge in [-0.15, -0.1) is 0 Å². The Morgan fingerprint density at radius 1 is 1.35 bits per heavy atom. The Morgan fingerprint density at radius 2 is 2.18 bits per heavy atom. The van der Waals surface area contributed by atoms with Gasteiger partial charge < -0.3 is 20.1 Å². The summed E-state index contributed by atoms with van der Waals surface area (Å²) in [5.74, 6) is -1.56. The second kappa shape index (κ2) is 5.18. The Hall–Kier alpha value is -1.56. The zero-order valence-corrected chi connectivity index (χ0v) is 9.46. The summed E-state index contributed by atoms with van der Waals surface area (Å²) >= 11 is 0. The van der Waals surface area contributed by atoms with Crippen LogP contribution in [-0.2, 0) is 9.53 Å². The number of hydrogen-bond acceptors (Lipinski definition) is 3. The molecule has 2 amide bonds. The fourth-order valence-electron chi connectivity index (χ4n) is 2.02. The summed E-state index contributed by atoms with van der Waals surface area (Å²) in [6, 6.07) is -0.637. The predicted octanol–water partition coefficient (Wildman–Crippen LogP) is 0.0575. The summed E-state index contributed by atoms with van der Waals surface area (Å²) in [5.41, 5.74) is 0. The van der Waals surface area contributed by atoms with Crippen molar-refractivity contribution < 1.29 is 19.4 Å². The first-order valence-corrected chi connectivity index (χ1v) is 5.69. The van der Waals surface area contributed by atoms with Gasteiger partial charge in [-0.1, -0.05) is 12.2 Å². The van der Waals surface area contributed by atoms with Gasteiger partial charge in [-0.3, -0.25) is 4.79 Å². The van der Waals surface area contributed by atoms with Crippen molar-refractivity contribution in [2.24, 2.45) is 5.92 Å². The second-order valence-electron chi connectivity index (χ2n) is 4.24. The number of carbonyl (C=O) groups is 2. The molecule has 0 aromatic carbocycles. The third-order valence-corrected chi connectivity index (χ3v) is 3.05. The van der Waals surface area contributed by atoms with Gasteiger partial charge in [-0.05, 0) is 6.42 Å². The van der Waals surface area contributed by atoms with Crippen LogP contribution in [0.15, 0.2) is 12.2 Å². The van der Waals surface area contributed by atoms with Crippen LogP contribution in [0, 0.1) is 5.92 Å². The first kappa shape index (κ1) is 11.9. The van der Waals surface area contributed by atoms with Gasteiger partial charge in [-0.2, -0.15) is 0 Å². The summed E-state index contributed by atoms with van der Waals surface area (Å²) in [6.45, 7) is 1.69. The van der Waals surface area contributed by atoms with Crippen LogP contribution in [-0.4, -0.2) is 54.4 Å². The van der Waals surface area contributed by atoms with E-state index in [1.807, 2.05) is 12.2 Å². The van der Waals surface area contributed by atoms with Gasteiger partial charge in [0.15, 0.2) is 0 Å². The molecule has 0 aromatic rings. The zero-order valence-electron chi connectivity index (χ0n) is 9.46. The van der Waals surface area contributed by atoms with Crippen LogP contribution in [0.25, 0.3) is 0 Å². The van der Waals surface area contributed by atoms with E-state index in [1.165, 1.54) is 0 Å². The van der Waals surface area contributed by atoms with E-state index in [0.717, 1.165) is 6.42 Å². The summed E-state index contributed by atoms with van der Waals surface area (Å²) in [7, 11) is 0. The highest BCUT2D eigenvalue weighted by atomic mass is 16.5. The molecule has 0 radical (unpaired) electrons. The van der Waals surface area contributed by atoms with Gasteiger partial charge in [0.25, 0.3) is 0 Å². The smallest absolute Gasteiger partial charge is 0.318 e. The van der Waals surface area contributed by atoms with Gasteiger partial charge in [0.05, 0.1) is 19.3 Å². The molecular formula is C11H16N2O4. The van der Waals surface area contributed by atoms with E-state index >= 15 is 0 Å². The number of ether oxygens (including phenoxy) is 1. The fraction of sp³-hybridized carbons (Fsp3) is 0.636. The van der Waals surface area contributed by atoms with E-state index in [-0.39, 0.29) is 19.2 Å². The van der Waals surface area contributed by atoms with Gasteiger partial charge >= 0.3 is 12.0 Å². The minimum absolute atomic E-state index is 0.167. The molecule has 2 rings (SSSR count). The first-order valence-electron chi connectivity index (χ1n) is 5.69. The lowest BCUT2D eigenvalue weighted by Crippen LogP contribution is -2.49. The predicted molar refractivity (Wildman–Crippen MR) is 59.6 cm³/mol. The molecule has 1 fully saturated rings. The summed E-state index contributed by atoms with van der Waals surface area (Å²) in [4.78, 5) is 24.4. The maximum Gasteiger partial charge on any atom is 0.318 e. The van der Waals surface area contributed by atoms with Crippen LogP contribution in [0.2, 0.25) is 0 Å². The fourth-order valence-corrected chi connectivity index (χ4v) is 2.02. The number of nitrogens with zero attached hydrogens (tertiary/aromatic N) is 1. The number of carbonyl (C=O) groups excluding carboxylic acids is 1. The monoisotopic (exact) mass is 240 g/mol. The lowest BCUT2D eigenvalue weighted by molar-refractivity contribution is -0.142. The average Bonchev–Trinajstić information content (AvgIpc) is 2.78. The number of urea groups is 1. The number of amides is 2. The molecule has 17 heavy (non-hydrogen) atoms. The first-order chi connectivity index (χ1) is 8.18. The van der Waals surface area contributed by atoms with Crippen LogP contribution in [0.1, 0.15) is 6.42 Å². The molecule has 2 atom stereocenters. The minimum Gasteiger partial charge on any atom is -0.481 e. The highest BCUT2D eigenvalue weighted by Gasteiger charge is 2.35. The molecule has 2 unspecified atom stereocenters. The third-order valence-electron chi connectivity index (χ3n) is 3.05. The van der Waals surface area contributed by atoms with Crippen molar-refractivity contribution >= 4 is 12.0 Å². The van der Waals surface area contributed by atoms with Crippen molar-refractivity contribution in [2.45, 2.75) is 12.5 Å². The highest BCUT2D eigenvalue weighted by Crippen LogP contribution is 2.14. The largest absolute Gasteiger partial charge is 0.481 e. The third kappa shape index (κ3) is 2.76. The normalized spacial score (nSPS) is 28.1. The Bertz CT molecular complexity index is 342. The van der Waals surface area contributed by atoms with Crippen molar-refractivity contribution in [1.82, 2.24) is 10.2 Å². The standard InChI is InChI=1S/C11H16N2O4/c14-10(15)8-6-17-7-9(8)12-11(16)13-4-2-1-3-5-13/h1-2,8-9H,3-7H2,(H,12,16)(H,14,15). The Morgan fingerprint density at radius 3 is 2.82 bits per heavy atom. The van der Waals surface area contributed by atoms with Crippen molar-refractivity contribution in [1.29, 1.82) is 0 Å². The molecule has 2 heterocycles.